The van der Waals surface area contributed by atoms with Crippen LogP contribution in [0.5, 0.6) is 5.75 Å². The first-order valence-electron chi connectivity index (χ1n) is 8.40. The summed E-state index contributed by atoms with van der Waals surface area (Å²) in [5.74, 6) is -1.06. The van der Waals surface area contributed by atoms with Gasteiger partial charge in [-0.3, -0.25) is 19.6 Å². The van der Waals surface area contributed by atoms with Crippen molar-refractivity contribution in [2.24, 2.45) is 0 Å². The van der Waals surface area contributed by atoms with Gasteiger partial charge in [-0.1, -0.05) is 0 Å². The van der Waals surface area contributed by atoms with Crippen LogP contribution in [0.15, 0.2) is 36.4 Å². The van der Waals surface area contributed by atoms with Gasteiger partial charge in [0.25, 0.3) is 5.69 Å². The summed E-state index contributed by atoms with van der Waals surface area (Å²) in [7, 11) is -3.71. The van der Waals surface area contributed by atoms with Crippen molar-refractivity contribution in [2.75, 3.05) is 23.1 Å². The second kappa shape index (κ2) is 8.47. The number of amides is 1. The molecule has 10 nitrogen and oxygen atoms in total. The topological polar surface area (TPSA) is 137 Å². The highest BCUT2D eigenvalue weighted by Gasteiger charge is 2.20. The van der Waals surface area contributed by atoms with Gasteiger partial charge in [0.05, 0.1) is 23.5 Å². The summed E-state index contributed by atoms with van der Waals surface area (Å²) in [4.78, 5) is 22.8. The minimum Gasteiger partial charge on any atom is -0.467 e. The lowest BCUT2D eigenvalue weighted by atomic mass is 10.1. The molecule has 3 rings (SSSR count). The molecule has 0 aliphatic carbocycles. The number of hydrogen-bond donors (Lipinski definition) is 2. The van der Waals surface area contributed by atoms with E-state index < -0.39 is 26.7 Å². The number of nitro groups is 1. The number of nitrogens with zero attached hydrogens (tertiary/aromatic N) is 1. The Morgan fingerprint density at radius 3 is 2.77 bits per heavy atom. The molecule has 1 heterocycles. The number of halogens is 1. The number of hydrogen-bond acceptors (Lipinski definition) is 7. The van der Waals surface area contributed by atoms with Crippen molar-refractivity contribution < 1.29 is 32.0 Å². The molecule has 1 amide bonds. The molecule has 12 heteroatoms. The summed E-state index contributed by atoms with van der Waals surface area (Å²) in [6.07, 6.45) is 3.32. The van der Waals surface area contributed by atoms with E-state index in [1.807, 2.05) is 4.72 Å². The smallest absolute Gasteiger partial charge is 0.270 e. The van der Waals surface area contributed by atoms with E-state index in [4.69, 9.17) is 9.47 Å². The number of carbonyl (C=O) groups excluding carboxylic acids is 1. The van der Waals surface area contributed by atoms with E-state index >= 15 is 0 Å². The van der Waals surface area contributed by atoms with Gasteiger partial charge in [0.2, 0.25) is 15.9 Å². The van der Waals surface area contributed by atoms with Crippen molar-refractivity contribution in [3.8, 4) is 5.75 Å². The maximum Gasteiger partial charge on any atom is 0.270 e. The lowest BCUT2D eigenvalue weighted by Gasteiger charge is -2.19. The van der Waals surface area contributed by atoms with Gasteiger partial charge < -0.3 is 14.8 Å². The van der Waals surface area contributed by atoms with E-state index in [2.05, 4.69) is 5.32 Å². The van der Waals surface area contributed by atoms with Gasteiger partial charge in [0.1, 0.15) is 11.6 Å². The molecule has 0 spiro atoms. The Labute approximate surface area is 170 Å². The van der Waals surface area contributed by atoms with E-state index in [0.717, 1.165) is 24.5 Å². The lowest BCUT2D eigenvalue weighted by molar-refractivity contribution is -0.385. The summed E-state index contributed by atoms with van der Waals surface area (Å²) in [6, 6.07) is 5.97. The predicted molar refractivity (Wildman–Crippen MR) is 106 cm³/mol. The highest BCUT2D eigenvalue weighted by molar-refractivity contribution is 7.92. The molecule has 2 N–H and O–H groups in total. The molecular formula is C18H16FN3O7S. The van der Waals surface area contributed by atoms with Crippen LogP contribution in [0.2, 0.25) is 0 Å². The van der Waals surface area contributed by atoms with Gasteiger partial charge in [-0.25, -0.2) is 12.8 Å². The number of nitrogens with one attached hydrogen (secondary N) is 2. The van der Waals surface area contributed by atoms with E-state index in [9.17, 15) is 27.7 Å². The average molecular weight is 437 g/mol. The van der Waals surface area contributed by atoms with Crippen LogP contribution in [0.25, 0.3) is 6.08 Å². The van der Waals surface area contributed by atoms with Crippen LogP contribution in [0.4, 0.5) is 21.5 Å². The Bertz CT molecular complexity index is 1150. The molecule has 0 saturated carbocycles. The quantitative estimate of drug-likeness (QED) is 0.403. The van der Waals surface area contributed by atoms with E-state index in [0.29, 0.717) is 16.9 Å². The number of fused-ring (bicyclic) bond motifs is 1. The first-order chi connectivity index (χ1) is 14.1. The Kier molecular flexibility index (Phi) is 5.99. The van der Waals surface area contributed by atoms with Gasteiger partial charge in [0.15, 0.2) is 6.79 Å². The molecule has 1 aliphatic heterocycles. The monoisotopic (exact) mass is 437 g/mol. The van der Waals surface area contributed by atoms with Gasteiger partial charge in [-0.15, -0.1) is 0 Å². The van der Waals surface area contributed by atoms with Crippen LogP contribution in [0, 0.1) is 15.9 Å². The molecular weight excluding hydrogens is 421 g/mol. The van der Waals surface area contributed by atoms with Crippen LogP contribution in [-0.2, 0) is 26.2 Å². The lowest BCUT2D eigenvalue weighted by Crippen LogP contribution is -2.13. The van der Waals surface area contributed by atoms with Crippen molar-refractivity contribution in [3.05, 3.63) is 63.5 Å². The predicted octanol–water partition coefficient (Wildman–Crippen LogP) is 2.62. The Balaban J connectivity index is 1.81. The molecule has 2 aromatic carbocycles. The Hall–Kier alpha value is -3.51. The minimum absolute atomic E-state index is 0.0243. The summed E-state index contributed by atoms with van der Waals surface area (Å²) >= 11 is 0. The van der Waals surface area contributed by atoms with Gasteiger partial charge in [-0.2, -0.15) is 0 Å². The van der Waals surface area contributed by atoms with E-state index in [-0.39, 0.29) is 30.5 Å². The second-order valence-corrected chi connectivity index (χ2v) is 8.03. The average Bonchev–Trinajstić information content (AvgIpc) is 2.67. The summed E-state index contributed by atoms with van der Waals surface area (Å²) in [6.45, 7) is 0.110. The highest BCUT2D eigenvalue weighted by atomic mass is 32.2. The first-order valence-corrected chi connectivity index (χ1v) is 10.3. The second-order valence-electron chi connectivity index (χ2n) is 6.28. The third-order valence-corrected chi connectivity index (χ3v) is 4.47. The SMILES string of the molecule is CS(=O)(=O)Nc1cc(NC(=O)/C=C/c2cc([N+](=O)[O-])cc3c2OCOC3)ccc1F. The number of nitro benzene ring substituents is 1. The molecule has 30 heavy (non-hydrogen) atoms. The zero-order chi connectivity index (χ0) is 21.9. The number of rotatable bonds is 6. The summed E-state index contributed by atoms with van der Waals surface area (Å²) < 4.78 is 48.8. The standard InChI is InChI=1S/C18H16FN3O7S/c1-30(26,27)21-16-8-13(3-4-15(16)19)20-17(23)5-2-11-6-14(22(24)25)7-12-9-28-10-29-18(11)12/h2-8,21H,9-10H2,1H3,(H,20,23)/b5-2+. The number of carbonyl (C=O) groups is 1. The minimum atomic E-state index is -3.71. The van der Waals surface area contributed by atoms with Crippen LogP contribution in [0.1, 0.15) is 11.1 Å². The molecule has 0 aromatic heterocycles. The number of ether oxygens (including phenoxy) is 2. The maximum atomic E-state index is 13.7. The van der Waals surface area contributed by atoms with Gasteiger partial charge in [0, 0.05) is 35.0 Å². The van der Waals surface area contributed by atoms with Crippen molar-refractivity contribution >= 4 is 39.1 Å². The Morgan fingerprint density at radius 1 is 1.30 bits per heavy atom. The fourth-order valence-corrected chi connectivity index (χ4v) is 3.25. The summed E-state index contributed by atoms with van der Waals surface area (Å²) in [5.41, 5.74) is 0.433. The van der Waals surface area contributed by atoms with Crippen LogP contribution in [-0.4, -0.2) is 32.3 Å². The first kappa shape index (κ1) is 21.2. The maximum absolute atomic E-state index is 13.7. The van der Waals surface area contributed by atoms with Gasteiger partial charge in [-0.05, 0) is 24.3 Å². The molecule has 0 fully saturated rings. The number of anilines is 2. The number of non-ortho nitro benzene ring substituents is 1. The molecule has 0 bridgehead atoms. The van der Waals surface area contributed by atoms with E-state index in [1.54, 1.807) is 0 Å². The third-order valence-electron chi connectivity index (χ3n) is 3.88. The zero-order valence-corrected chi connectivity index (χ0v) is 16.4. The van der Waals surface area contributed by atoms with Crippen LogP contribution in [0.3, 0.4) is 0 Å². The molecule has 0 saturated heterocycles. The molecule has 0 unspecified atom stereocenters. The molecule has 0 atom stereocenters. The highest BCUT2D eigenvalue weighted by Crippen LogP contribution is 2.33. The van der Waals surface area contributed by atoms with Crippen LogP contribution >= 0.6 is 0 Å². The van der Waals surface area contributed by atoms with Crippen LogP contribution < -0.4 is 14.8 Å². The largest absolute Gasteiger partial charge is 0.467 e. The number of benzene rings is 2. The third kappa shape index (κ3) is 5.30. The van der Waals surface area contributed by atoms with Crippen molar-refractivity contribution in [3.63, 3.8) is 0 Å². The normalized spacial score (nSPS) is 13.4. The summed E-state index contributed by atoms with van der Waals surface area (Å²) in [5, 5.41) is 13.6. The van der Waals surface area contributed by atoms with E-state index in [1.165, 1.54) is 24.3 Å². The van der Waals surface area contributed by atoms with Crippen molar-refractivity contribution in [2.45, 2.75) is 6.61 Å². The van der Waals surface area contributed by atoms with Crippen molar-refractivity contribution in [1.29, 1.82) is 0 Å². The van der Waals surface area contributed by atoms with Gasteiger partial charge >= 0.3 is 0 Å². The zero-order valence-electron chi connectivity index (χ0n) is 15.5. The molecule has 1 aliphatic rings. The fraction of sp³-hybridized carbons (Fsp3) is 0.167. The molecule has 2 aromatic rings. The van der Waals surface area contributed by atoms with Crippen molar-refractivity contribution in [1.82, 2.24) is 0 Å². The Morgan fingerprint density at radius 2 is 2.07 bits per heavy atom. The molecule has 0 radical (unpaired) electrons. The number of sulfonamides is 1. The fourth-order valence-electron chi connectivity index (χ4n) is 2.69. The molecule has 158 valence electrons.